The van der Waals surface area contributed by atoms with Crippen LogP contribution in [0.4, 0.5) is 0 Å². The summed E-state index contributed by atoms with van der Waals surface area (Å²) in [6.45, 7) is 13.4. The number of hydrogen-bond acceptors (Lipinski definition) is 0. The second-order valence-electron chi connectivity index (χ2n) is 3.65. The van der Waals surface area contributed by atoms with E-state index in [1.165, 1.54) is 0 Å². The minimum absolute atomic E-state index is 0.380. The van der Waals surface area contributed by atoms with Gasteiger partial charge in [0.2, 0.25) is 0 Å². The topological polar surface area (TPSA) is 0 Å². The van der Waals surface area contributed by atoms with Crippen molar-refractivity contribution in [2.45, 2.75) is 0 Å². The van der Waals surface area contributed by atoms with Crippen molar-refractivity contribution < 1.29 is 17.3 Å². The van der Waals surface area contributed by atoms with Crippen LogP contribution in [0.1, 0.15) is 0 Å². The van der Waals surface area contributed by atoms with Crippen LogP contribution >= 0.6 is 25.5 Å². The first-order chi connectivity index (χ1) is 6.96. The van der Waals surface area contributed by atoms with Gasteiger partial charge in [0.1, 0.15) is 0 Å². The van der Waals surface area contributed by atoms with Gasteiger partial charge in [0.05, 0.1) is 0 Å². The van der Waals surface area contributed by atoms with Crippen molar-refractivity contribution in [2.75, 3.05) is 40.0 Å². The molecular formula is C11H23ClP2Ru+. The Balaban J connectivity index is -0.000000135. The Morgan fingerprint density at radius 2 is 0.667 bits per heavy atom. The summed E-state index contributed by atoms with van der Waals surface area (Å²) < 4.78 is 0. The zero-order valence-corrected chi connectivity index (χ0v) is 14.8. The molecule has 1 aliphatic carbocycles. The second-order valence-corrected chi connectivity index (χ2v) is 9.01. The van der Waals surface area contributed by atoms with Gasteiger partial charge in [0.15, 0.2) is 0 Å². The predicted octanol–water partition coefficient (Wildman–Crippen LogP) is 4.42. The maximum absolute atomic E-state index is 4.57. The fourth-order valence-corrected chi connectivity index (χ4v) is 0.321. The van der Waals surface area contributed by atoms with Crippen molar-refractivity contribution in [3.8, 4) is 0 Å². The van der Waals surface area contributed by atoms with E-state index in [2.05, 4.69) is 49.7 Å². The van der Waals surface area contributed by atoms with E-state index in [4.69, 9.17) is 0 Å². The quantitative estimate of drug-likeness (QED) is 0.446. The van der Waals surface area contributed by atoms with Crippen molar-refractivity contribution in [1.29, 1.82) is 0 Å². The summed E-state index contributed by atoms with van der Waals surface area (Å²) in [7, 11) is 5.33. The van der Waals surface area contributed by atoms with Crippen molar-refractivity contribution in [3.63, 3.8) is 0 Å². The molecule has 0 heterocycles. The monoisotopic (exact) mass is 354 g/mol. The first-order valence-electron chi connectivity index (χ1n) is 4.48. The van der Waals surface area contributed by atoms with Gasteiger partial charge in [0.25, 0.3) is 0 Å². The van der Waals surface area contributed by atoms with E-state index >= 15 is 0 Å². The van der Waals surface area contributed by atoms with Crippen LogP contribution in [-0.4, -0.2) is 40.0 Å². The molecule has 0 aromatic carbocycles. The van der Waals surface area contributed by atoms with Gasteiger partial charge in [-0.15, -0.1) is 15.8 Å². The first kappa shape index (κ1) is 22.0. The fraction of sp³-hybridized carbons (Fsp3) is 0.545. The zero-order chi connectivity index (χ0) is 12.7. The average Bonchev–Trinajstić information content (AvgIpc) is 2.61. The number of hydrogen-bond donors (Lipinski definition) is 0. The summed E-state index contributed by atoms with van der Waals surface area (Å²) in [5, 5.41) is 0. The van der Waals surface area contributed by atoms with Gasteiger partial charge < -0.3 is 0 Å². The van der Waals surface area contributed by atoms with Crippen molar-refractivity contribution in [1.82, 2.24) is 0 Å². The number of halogens is 1. The van der Waals surface area contributed by atoms with E-state index in [1.54, 1.807) is 0 Å². The standard InChI is InChI=1S/C5H5.2C3H9P.ClH.Ru/c1-2-4-5-3-1;2*1-4(2)3;;/h1-5H;2*1-3H3;1H;/q;;;;+2/p-1. The maximum atomic E-state index is 4.57. The molecule has 5 radical (unpaired) electrons. The Morgan fingerprint density at radius 1 is 0.600 bits per heavy atom. The van der Waals surface area contributed by atoms with Crippen LogP contribution in [0.2, 0.25) is 0 Å². The van der Waals surface area contributed by atoms with Gasteiger partial charge in [-0.1, -0.05) is 0 Å². The normalized spacial score (nSPS) is 13.2. The summed E-state index contributed by atoms with van der Waals surface area (Å²) >= 11 is 1.82. The van der Waals surface area contributed by atoms with Crippen LogP contribution in [0.25, 0.3) is 0 Å². The molecule has 0 nitrogen and oxygen atoms in total. The summed E-state index contributed by atoms with van der Waals surface area (Å²) in [5.74, 6) is 0. The Hall–Kier alpha value is 1.77. The van der Waals surface area contributed by atoms with Crippen LogP contribution in [0.15, 0.2) is 0 Å². The third-order valence-electron chi connectivity index (χ3n) is 0.556. The molecule has 4 heteroatoms. The molecule has 0 aromatic rings. The second kappa shape index (κ2) is 21.1. The van der Waals surface area contributed by atoms with E-state index in [0.717, 1.165) is 0 Å². The van der Waals surface area contributed by atoms with Crippen molar-refractivity contribution in [3.05, 3.63) is 32.1 Å². The zero-order valence-electron chi connectivity index (χ0n) is 10.5. The van der Waals surface area contributed by atoms with Gasteiger partial charge in [-0.3, -0.25) is 0 Å². The Kier molecular flexibility index (Phi) is 30.9. The van der Waals surface area contributed by atoms with Crippen LogP contribution in [-0.2, 0) is 17.3 Å². The summed E-state index contributed by atoms with van der Waals surface area (Å²) in [6.07, 6.45) is 10.0. The molecule has 0 saturated heterocycles. The predicted molar refractivity (Wildman–Crippen MR) is 76.7 cm³/mol. The van der Waals surface area contributed by atoms with Gasteiger partial charge in [0, 0.05) is 0 Å². The third-order valence-corrected chi connectivity index (χ3v) is 0.556. The summed E-state index contributed by atoms with van der Waals surface area (Å²) in [4.78, 5) is 0. The molecule has 0 aromatic heterocycles. The molecule has 0 N–H and O–H groups in total. The Morgan fingerprint density at radius 3 is 0.733 bits per heavy atom. The van der Waals surface area contributed by atoms with Crippen LogP contribution < -0.4 is 0 Å². The molecule has 1 aliphatic rings. The van der Waals surface area contributed by atoms with Gasteiger partial charge in [-0.05, 0) is 72.1 Å². The van der Waals surface area contributed by atoms with Gasteiger partial charge >= 0.3 is 27.0 Å². The van der Waals surface area contributed by atoms with Crippen LogP contribution in [0.5, 0.6) is 0 Å². The van der Waals surface area contributed by atoms with E-state index in [0.29, 0.717) is 15.8 Å². The molecule has 1 fully saturated rings. The first-order valence-corrected chi connectivity index (χ1v) is 12.1. The SMILES string of the molecule is CP(C)C.CP(C)C.[CH]1[CH][CH][CH][CH]1.[Cl][Ru+]. The van der Waals surface area contributed by atoms with Gasteiger partial charge in [-0.2, -0.15) is 0 Å². The molecular weight excluding hydrogens is 331 g/mol. The van der Waals surface area contributed by atoms with Crippen molar-refractivity contribution in [2.24, 2.45) is 0 Å². The molecule has 91 valence electrons. The van der Waals surface area contributed by atoms with E-state index in [-0.39, 0.29) is 0 Å². The summed E-state index contributed by atoms with van der Waals surface area (Å²) in [5.41, 5.74) is 0. The van der Waals surface area contributed by atoms with E-state index in [1.807, 2.05) is 49.4 Å². The van der Waals surface area contributed by atoms with E-state index in [9.17, 15) is 0 Å². The summed E-state index contributed by atoms with van der Waals surface area (Å²) in [6, 6.07) is 0. The van der Waals surface area contributed by atoms with Crippen LogP contribution in [0, 0.1) is 32.1 Å². The fourth-order valence-electron chi connectivity index (χ4n) is 0.321. The Labute approximate surface area is 115 Å². The number of rotatable bonds is 0. The minimum atomic E-state index is 0.380. The third kappa shape index (κ3) is 65.2. The molecule has 0 atom stereocenters. The molecule has 1 rings (SSSR count). The van der Waals surface area contributed by atoms with Crippen LogP contribution in [0.3, 0.4) is 0 Å². The molecule has 0 amide bonds. The molecule has 1 saturated carbocycles. The molecule has 0 bridgehead atoms. The Bertz CT molecular complexity index is 67.5. The molecule has 0 unspecified atom stereocenters. The van der Waals surface area contributed by atoms with Gasteiger partial charge in [-0.25, -0.2) is 0 Å². The van der Waals surface area contributed by atoms with Crippen molar-refractivity contribution >= 4 is 25.5 Å². The molecule has 0 aliphatic heterocycles. The average molecular weight is 354 g/mol. The molecule has 15 heavy (non-hydrogen) atoms. The van der Waals surface area contributed by atoms with E-state index < -0.39 is 0 Å². The molecule has 0 spiro atoms.